The summed E-state index contributed by atoms with van der Waals surface area (Å²) in [6, 6.07) is 21.0. The number of H-pyrrole nitrogens is 1. The van der Waals surface area contributed by atoms with Crippen molar-refractivity contribution in [3.8, 4) is 22.9 Å². The lowest BCUT2D eigenvalue weighted by Gasteiger charge is -2.02. The highest BCUT2D eigenvalue weighted by molar-refractivity contribution is 7.71. The molecule has 0 aliphatic heterocycles. The van der Waals surface area contributed by atoms with Crippen molar-refractivity contribution >= 4 is 30.3 Å². The van der Waals surface area contributed by atoms with Crippen LogP contribution in [-0.2, 0) is 0 Å². The molecule has 0 atom stereocenters. The zero-order valence-electron chi connectivity index (χ0n) is 15.7. The fraction of sp³-hybridized carbons (Fsp3) is 0. The van der Waals surface area contributed by atoms with E-state index in [0.29, 0.717) is 10.6 Å². The first-order valence-electron chi connectivity index (χ1n) is 9.03. The van der Waals surface area contributed by atoms with Crippen molar-refractivity contribution in [1.29, 1.82) is 0 Å². The maximum Gasteiger partial charge on any atom is 0.216 e. The van der Waals surface area contributed by atoms with Crippen molar-refractivity contribution in [2.75, 3.05) is 0 Å². The van der Waals surface area contributed by atoms with Gasteiger partial charge < -0.3 is 10.2 Å². The van der Waals surface area contributed by atoms with Crippen LogP contribution in [0.3, 0.4) is 0 Å². The number of nitrogens with zero attached hydrogens (tertiary/aromatic N) is 4. The second-order valence-electron chi connectivity index (χ2n) is 6.40. The van der Waals surface area contributed by atoms with Gasteiger partial charge in [-0.3, -0.25) is 4.99 Å². The summed E-state index contributed by atoms with van der Waals surface area (Å²) in [7, 11) is 0. The van der Waals surface area contributed by atoms with E-state index in [-0.39, 0.29) is 11.5 Å². The summed E-state index contributed by atoms with van der Waals surface area (Å²) in [5.74, 6) is 0.989. The highest BCUT2D eigenvalue weighted by Gasteiger charge is 2.08. The lowest BCUT2D eigenvalue weighted by molar-refractivity contribution is 0.475. The highest BCUT2D eigenvalue weighted by Crippen LogP contribution is 2.21. The van der Waals surface area contributed by atoms with Crippen molar-refractivity contribution in [2.45, 2.75) is 0 Å². The molecule has 4 rings (SSSR count). The molecule has 3 aromatic carbocycles. The summed E-state index contributed by atoms with van der Waals surface area (Å²) >= 11 is 5.29. The number of aromatic nitrogens is 3. The van der Waals surface area contributed by atoms with Crippen LogP contribution in [0.15, 0.2) is 82.9 Å². The molecule has 0 unspecified atom stereocenters. The van der Waals surface area contributed by atoms with Crippen LogP contribution in [0, 0.1) is 4.77 Å². The molecule has 0 amide bonds. The Labute approximate surface area is 177 Å². The number of benzene rings is 3. The summed E-state index contributed by atoms with van der Waals surface area (Å²) < 4.78 is 1.91. The minimum absolute atomic E-state index is 0.195. The van der Waals surface area contributed by atoms with Gasteiger partial charge in [0.05, 0.1) is 11.9 Å². The van der Waals surface area contributed by atoms with Gasteiger partial charge in [0.2, 0.25) is 4.77 Å². The normalized spacial score (nSPS) is 11.5. The van der Waals surface area contributed by atoms with E-state index in [1.807, 2.05) is 24.3 Å². The van der Waals surface area contributed by atoms with Crippen molar-refractivity contribution in [3.05, 3.63) is 88.7 Å². The third-order valence-corrected chi connectivity index (χ3v) is 4.51. The van der Waals surface area contributed by atoms with Crippen LogP contribution in [0.25, 0.3) is 11.4 Å². The molecule has 0 saturated heterocycles. The van der Waals surface area contributed by atoms with Crippen molar-refractivity contribution in [1.82, 2.24) is 14.9 Å². The van der Waals surface area contributed by atoms with E-state index in [9.17, 15) is 10.2 Å². The summed E-state index contributed by atoms with van der Waals surface area (Å²) in [4.78, 5) is 4.44. The topological polar surface area (TPSA) is 98.8 Å². The SMILES string of the molecule is Oc1ccc(C=Nc2ccc(-c3n[nH]c(=S)n3/N=C/c3ccc(O)cc3)cc2)cc1. The smallest absolute Gasteiger partial charge is 0.216 e. The molecule has 0 bridgehead atoms. The molecule has 0 spiro atoms. The molecule has 8 heteroatoms. The molecule has 7 nitrogen and oxygen atoms in total. The van der Waals surface area contributed by atoms with Gasteiger partial charge >= 0.3 is 0 Å². The quantitative estimate of drug-likeness (QED) is 0.326. The number of phenols is 2. The maximum absolute atomic E-state index is 9.38. The molecule has 3 N–H and O–H groups in total. The minimum Gasteiger partial charge on any atom is -0.508 e. The van der Waals surface area contributed by atoms with Gasteiger partial charge in [0.25, 0.3) is 0 Å². The molecule has 0 aliphatic rings. The fourth-order valence-electron chi connectivity index (χ4n) is 2.68. The number of hydrogen-bond donors (Lipinski definition) is 3. The fourth-order valence-corrected chi connectivity index (χ4v) is 2.86. The first-order chi connectivity index (χ1) is 14.6. The Bertz CT molecular complexity index is 1250. The Morgan fingerprint density at radius 3 is 1.97 bits per heavy atom. The third kappa shape index (κ3) is 4.50. The molecule has 148 valence electrons. The average molecular weight is 415 g/mol. The van der Waals surface area contributed by atoms with Gasteiger partial charge in [0.15, 0.2) is 5.82 Å². The summed E-state index contributed by atoms with van der Waals surface area (Å²) in [6.45, 7) is 0. The zero-order valence-corrected chi connectivity index (χ0v) is 16.5. The lowest BCUT2D eigenvalue weighted by Crippen LogP contribution is -1.94. The molecule has 0 fully saturated rings. The number of rotatable bonds is 5. The Morgan fingerprint density at radius 2 is 1.37 bits per heavy atom. The zero-order chi connectivity index (χ0) is 20.9. The minimum atomic E-state index is 0.195. The second kappa shape index (κ2) is 8.54. The van der Waals surface area contributed by atoms with E-state index in [1.165, 1.54) is 4.68 Å². The molecule has 30 heavy (non-hydrogen) atoms. The Morgan fingerprint density at radius 1 is 0.800 bits per heavy atom. The number of nitrogens with one attached hydrogen (secondary N) is 1. The third-order valence-electron chi connectivity index (χ3n) is 4.25. The van der Waals surface area contributed by atoms with E-state index in [0.717, 1.165) is 22.4 Å². The number of aliphatic imine (C=N–C) groups is 1. The van der Waals surface area contributed by atoms with E-state index in [2.05, 4.69) is 20.3 Å². The predicted octanol–water partition coefficient (Wildman–Crippen LogP) is 4.65. The predicted molar refractivity (Wildman–Crippen MR) is 119 cm³/mol. The average Bonchev–Trinajstić information content (AvgIpc) is 3.14. The highest BCUT2D eigenvalue weighted by atomic mass is 32.1. The van der Waals surface area contributed by atoms with Gasteiger partial charge in [0, 0.05) is 11.8 Å². The monoisotopic (exact) mass is 415 g/mol. The van der Waals surface area contributed by atoms with E-state index in [4.69, 9.17) is 12.2 Å². The van der Waals surface area contributed by atoms with Crippen LogP contribution in [-0.4, -0.2) is 37.5 Å². The van der Waals surface area contributed by atoms with Crippen LogP contribution in [0.2, 0.25) is 0 Å². The number of hydrogen-bond acceptors (Lipinski definition) is 6. The van der Waals surface area contributed by atoms with Gasteiger partial charge in [-0.25, -0.2) is 5.10 Å². The Balaban J connectivity index is 1.55. The Hall–Kier alpha value is -4.04. The number of aromatic hydroxyl groups is 2. The first-order valence-corrected chi connectivity index (χ1v) is 9.44. The molecular formula is C22H17N5O2S. The van der Waals surface area contributed by atoms with Gasteiger partial charge in [-0.1, -0.05) is 0 Å². The second-order valence-corrected chi connectivity index (χ2v) is 6.78. The van der Waals surface area contributed by atoms with Crippen molar-refractivity contribution < 1.29 is 10.2 Å². The number of aromatic amines is 1. The Kier molecular flexibility index (Phi) is 5.49. The van der Waals surface area contributed by atoms with E-state index >= 15 is 0 Å². The first kappa shape index (κ1) is 19.3. The molecule has 1 aromatic heterocycles. The van der Waals surface area contributed by atoms with E-state index < -0.39 is 0 Å². The lowest BCUT2D eigenvalue weighted by atomic mass is 10.2. The van der Waals surface area contributed by atoms with Crippen LogP contribution in [0.1, 0.15) is 11.1 Å². The standard InChI is InChI=1S/C22H17N5O2S/c28-19-9-1-15(2-10-19)13-23-18-7-5-17(6-8-18)21-25-26-22(30)27(21)24-14-16-3-11-20(29)12-4-16/h1-14,28-29H,(H,26,30)/b23-13?,24-14+. The van der Waals surface area contributed by atoms with Crippen LogP contribution < -0.4 is 0 Å². The van der Waals surface area contributed by atoms with E-state index in [1.54, 1.807) is 61.0 Å². The van der Waals surface area contributed by atoms with Gasteiger partial charge in [-0.15, -0.1) is 0 Å². The molecule has 0 radical (unpaired) electrons. The summed E-state index contributed by atoms with van der Waals surface area (Å²) in [5.41, 5.74) is 3.32. The maximum atomic E-state index is 9.38. The largest absolute Gasteiger partial charge is 0.508 e. The number of phenolic OH excluding ortho intramolecular Hbond substituents is 2. The molecule has 0 aliphatic carbocycles. The molecular weight excluding hydrogens is 398 g/mol. The molecule has 4 aromatic rings. The van der Waals surface area contributed by atoms with Gasteiger partial charge in [0.1, 0.15) is 11.5 Å². The molecule has 1 heterocycles. The van der Waals surface area contributed by atoms with Crippen LogP contribution in [0.5, 0.6) is 11.5 Å². The van der Waals surface area contributed by atoms with Gasteiger partial charge in [-0.2, -0.15) is 14.9 Å². The van der Waals surface area contributed by atoms with Crippen LogP contribution >= 0.6 is 12.2 Å². The summed E-state index contributed by atoms with van der Waals surface area (Å²) in [5, 5.41) is 30.2. The van der Waals surface area contributed by atoms with Crippen molar-refractivity contribution in [2.24, 2.45) is 10.1 Å². The summed E-state index contributed by atoms with van der Waals surface area (Å²) in [6.07, 6.45) is 3.37. The molecule has 0 saturated carbocycles. The van der Waals surface area contributed by atoms with Crippen molar-refractivity contribution in [3.63, 3.8) is 0 Å². The van der Waals surface area contributed by atoms with Crippen LogP contribution in [0.4, 0.5) is 5.69 Å². The van der Waals surface area contributed by atoms with Gasteiger partial charge in [-0.05, 0) is 96.1 Å².